The quantitative estimate of drug-likeness (QED) is 0.237. The van der Waals surface area contributed by atoms with Crippen LogP contribution in [0.1, 0.15) is 55.4 Å². The Morgan fingerprint density at radius 1 is 1.08 bits per heavy atom. The average Bonchev–Trinajstić information content (AvgIpc) is 3.44. The zero-order chi connectivity index (χ0) is 27.8. The summed E-state index contributed by atoms with van der Waals surface area (Å²) in [5, 5.41) is 20.5. The zero-order valence-corrected chi connectivity index (χ0v) is 20.6. The van der Waals surface area contributed by atoms with Gasteiger partial charge < -0.3 is 20.2 Å². The van der Waals surface area contributed by atoms with Crippen molar-refractivity contribution in [2.45, 2.75) is 19.5 Å². The summed E-state index contributed by atoms with van der Waals surface area (Å²) in [7, 11) is 1.56. The lowest BCUT2D eigenvalue weighted by molar-refractivity contribution is 0.0696. The van der Waals surface area contributed by atoms with Crippen molar-refractivity contribution in [1.82, 2.24) is 34.8 Å². The van der Waals surface area contributed by atoms with Gasteiger partial charge in [-0.2, -0.15) is 0 Å². The van der Waals surface area contributed by atoms with Gasteiger partial charge in [-0.25, -0.2) is 28.9 Å². The molecule has 0 fully saturated rings. The van der Waals surface area contributed by atoms with Gasteiger partial charge in [0.05, 0.1) is 17.1 Å². The second-order valence-electron chi connectivity index (χ2n) is 8.72. The smallest absolute Gasteiger partial charge is 0.419 e. The lowest BCUT2D eigenvalue weighted by atomic mass is 10.1. The number of carbonyl (C=O) groups is 3. The molecule has 0 radical (unpaired) electrons. The van der Waals surface area contributed by atoms with Crippen molar-refractivity contribution < 1.29 is 23.9 Å². The van der Waals surface area contributed by atoms with Crippen molar-refractivity contribution in [2.24, 2.45) is 7.05 Å². The van der Waals surface area contributed by atoms with Crippen LogP contribution in [-0.4, -0.2) is 47.0 Å². The van der Waals surface area contributed by atoms with Crippen LogP contribution in [0.4, 0.5) is 0 Å². The Bertz CT molecular complexity index is 1880. The molecule has 0 bridgehead atoms. The molecule has 4 N–H and O–H groups in total. The Hall–Kier alpha value is -5.53. The number of oxazole rings is 1. The highest BCUT2D eigenvalue weighted by Crippen LogP contribution is 2.16. The van der Waals surface area contributed by atoms with Crippen LogP contribution in [0.25, 0.3) is 16.9 Å². The molecule has 2 amide bonds. The predicted octanol–water partition coefficient (Wildman–Crippen LogP) is 0.982. The summed E-state index contributed by atoms with van der Waals surface area (Å²) < 4.78 is 7.40. The second-order valence-corrected chi connectivity index (χ2v) is 8.72. The Balaban J connectivity index is 1.38. The van der Waals surface area contributed by atoms with Crippen molar-refractivity contribution in [1.29, 1.82) is 0 Å². The lowest BCUT2D eigenvalue weighted by Gasteiger charge is -2.15. The number of fused-ring (bicyclic) bond motifs is 2. The molecule has 0 saturated heterocycles. The molecule has 14 heteroatoms. The van der Waals surface area contributed by atoms with E-state index < -0.39 is 35.3 Å². The number of aromatic carboxylic acids is 1. The maximum atomic E-state index is 13.1. The van der Waals surface area contributed by atoms with Gasteiger partial charge in [0.2, 0.25) is 0 Å². The number of rotatable bonds is 7. The molecule has 0 aliphatic carbocycles. The van der Waals surface area contributed by atoms with Gasteiger partial charge in [-0.05, 0) is 48.4 Å². The molecule has 39 heavy (non-hydrogen) atoms. The molecule has 1 atom stereocenters. The number of hydrogen-bond acceptors (Lipinski definition) is 8. The van der Waals surface area contributed by atoms with Crippen molar-refractivity contribution in [2.75, 3.05) is 0 Å². The summed E-state index contributed by atoms with van der Waals surface area (Å²) in [6.45, 7) is 1.75. The number of nitrogens with zero attached hydrogens (tertiary/aromatic N) is 4. The van der Waals surface area contributed by atoms with Crippen molar-refractivity contribution in [3.63, 3.8) is 0 Å². The number of H-pyrrole nitrogens is 1. The molecular weight excluding hydrogens is 510 g/mol. The van der Waals surface area contributed by atoms with E-state index in [1.54, 1.807) is 44.3 Å². The number of nitrogens with one attached hydrogen (secondary N) is 3. The van der Waals surface area contributed by atoms with Crippen molar-refractivity contribution in [3.05, 3.63) is 97.6 Å². The Kier molecular flexibility index (Phi) is 6.27. The highest BCUT2D eigenvalue weighted by atomic mass is 16.4. The van der Waals surface area contributed by atoms with Crippen LogP contribution in [0.15, 0.2) is 62.5 Å². The van der Waals surface area contributed by atoms with E-state index >= 15 is 0 Å². The van der Waals surface area contributed by atoms with E-state index in [-0.39, 0.29) is 29.3 Å². The fourth-order valence-electron chi connectivity index (χ4n) is 4.02. The average molecular weight is 531 g/mol. The third-order valence-electron chi connectivity index (χ3n) is 6.17. The Morgan fingerprint density at radius 3 is 2.54 bits per heavy atom. The van der Waals surface area contributed by atoms with Crippen LogP contribution >= 0.6 is 0 Å². The molecule has 3 aromatic heterocycles. The summed E-state index contributed by atoms with van der Waals surface area (Å²) in [6, 6.07) is 11.6. The minimum atomic E-state index is -1.07. The van der Waals surface area contributed by atoms with Crippen molar-refractivity contribution >= 4 is 34.7 Å². The number of aromatic nitrogens is 5. The molecule has 0 aliphatic heterocycles. The van der Waals surface area contributed by atoms with E-state index in [9.17, 15) is 24.0 Å². The number of hydrogen-bond donors (Lipinski definition) is 4. The van der Waals surface area contributed by atoms with E-state index in [4.69, 9.17) is 9.52 Å². The summed E-state index contributed by atoms with van der Waals surface area (Å²) in [4.78, 5) is 65.4. The molecule has 0 unspecified atom stereocenters. The van der Waals surface area contributed by atoms with Crippen LogP contribution in [0.5, 0.6) is 0 Å². The van der Waals surface area contributed by atoms with Gasteiger partial charge in [-0.3, -0.25) is 14.2 Å². The molecule has 0 spiro atoms. The standard InChI is InChI=1S/C25H21N7O7/c1-12(14-4-6-15(7-5-14)22(35)36)27-20(33)16-10-18(32-23(28-16)29-30-24(32)37)21(34)26-11-13-3-8-19-17(9-13)31(2)25(38)39-19/h3-10,12H,11H2,1-2H3,(H,26,34)(H,27,33)(H,30,37)(H,35,36)/t12-/m1/s1. The molecule has 5 rings (SSSR count). The van der Waals surface area contributed by atoms with Gasteiger partial charge in [-0.1, -0.05) is 18.2 Å². The molecule has 2 aromatic carbocycles. The zero-order valence-electron chi connectivity index (χ0n) is 20.6. The highest BCUT2D eigenvalue weighted by Gasteiger charge is 2.21. The molecular formula is C25H21N7O7. The van der Waals surface area contributed by atoms with Crippen LogP contribution in [-0.2, 0) is 13.6 Å². The summed E-state index contributed by atoms with van der Waals surface area (Å²) in [6.07, 6.45) is 0. The van der Waals surface area contributed by atoms with E-state index in [1.807, 2.05) is 0 Å². The van der Waals surface area contributed by atoms with E-state index in [1.165, 1.54) is 22.8 Å². The normalized spacial score (nSPS) is 11.9. The Morgan fingerprint density at radius 2 is 1.82 bits per heavy atom. The van der Waals surface area contributed by atoms with E-state index in [0.29, 0.717) is 22.2 Å². The number of aryl methyl sites for hydroxylation is 1. The molecule has 14 nitrogen and oxygen atoms in total. The summed E-state index contributed by atoms with van der Waals surface area (Å²) in [5.41, 5.74) is 1.34. The molecule has 3 heterocycles. The first-order chi connectivity index (χ1) is 18.6. The minimum absolute atomic E-state index is 0.0511. The number of carbonyl (C=O) groups excluding carboxylic acids is 2. The van der Waals surface area contributed by atoms with Crippen LogP contribution in [0.2, 0.25) is 0 Å². The minimum Gasteiger partial charge on any atom is -0.478 e. The number of benzene rings is 2. The van der Waals surface area contributed by atoms with Crippen LogP contribution in [0, 0.1) is 0 Å². The number of amides is 2. The highest BCUT2D eigenvalue weighted by molar-refractivity contribution is 5.98. The van der Waals surface area contributed by atoms with Gasteiger partial charge in [0, 0.05) is 13.6 Å². The third-order valence-corrected chi connectivity index (χ3v) is 6.17. The van der Waals surface area contributed by atoms with Crippen molar-refractivity contribution in [3.8, 4) is 0 Å². The van der Waals surface area contributed by atoms with Crippen LogP contribution in [0.3, 0.4) is 0 Å². The molecule has 198 valence electrons. The topological polar surface area (TPSA) is 194 Å². The van der Waals surface area contributed by atoms with Crippen LogP contribution < -0.4 is 22.1 Å². The van der Waals surface area contributed by atoms with Gasteiger partial charge in [0.1, 0.15) is 11.4 Å². The first-order valence-electron chi connectivity index (χ1n) is 11.6. The summed E-state index contributed by atoms with van der Waals surface area (Å²) >= 11 is 0. The molecule has 0 saturated carbocycles. The lowest BCUT2D eigenvalue weighted by Crippen LogP contribution is -2.31. The Labute approximate surface area is 217 Å². The number of carboxylic acid groups (broad SMARTS) is 1. The first-order valence-corrected chi connectivity index (χ1v) is 11.6. The van der Waals surface area contributed by atoms with E-state index in [0.717, 1.165) is 4.40 Å². The SMILES string of the molecule is C[C@@H](NC(=O)c1cc(C(=O)NCc2ccc3oc(=O)n(C)c3c2)n2c(=O)[nH]nc2n1)c1ccc(C(=O)O)cc1. The maximum Gasteiger partial charge on any atom is 0.419 e. The fraction of sp³-hybridized carbons (Fsp3) is 0.160. The first kappa shape index (κ1) is 25.1. The second kappa shape index (κ2) is 9.74. The van der Waals surface area contributed by atoms with E-state index in [2.05, 4.69) is 25.8 Å². The fourth-order valence-corrected chi connectivity index (χ4v) is 4.02. The van der Waals surface area contributed by atoms with Gasteiger partial charge in [-0.15, -0.1) is 5.10 Å². The van der Waals surface area contributed by atoms with Gasteiger partial charge in [0.25, 0.3) is 17.6 Å². The molecule has 5 aromatic rings. The predicted molar refractivity (Wildman–Crippen MR) is 136 cm³/mol. The maximum absolute atomic E-state index is 13.1. The largest absolute Gasteiger partial charge is 0.478 e. The van der Waals surface area contributed by atoms with Gasteiger partial charge >= 0.3 is 17.4 Å². The monoisotopic (exact) mass is 531 g/mol. The number of carboxylic acids is 1. The third kappa shape index (κ3) is 4.77. The number of aromatic amines is 1. The summed E-state index contributed by atoms with van der Waals surface area (Å²) in [5.74, 6) is -3.06. The molecule has 0 aliphatic rings. The van der Waals surface area contributed by atoms with Gasteiger partial charge in [0.15, 0.2) is 5.58 Å².